The second-order valence-electron chi connectivity index (χ2n) is 2.99. The van der Waals surface area contributed by atoms with E-state index in [9.17, 15) is 5.21 Å². The monoisotopic (exact) mass is 291 g/mol. The summed E-state index contributed by atoms with van der Waals surface area (Å²) in [5.74, 6) is 0. The van der Waals surface area contributed by atoms with Crippen LogP contribution in [0.25, 0.3) is 4.98 Å². The molecule has 0 aromatic heterocycles. The van der Waals surface area contributed by atoms with E-state index >= 15 is 0 Å². The van der Waals surface area contributed by atoms with Crippen molar-refractivity contribution in [2.45, 2.75) is 20.3 Å². The zero-order valence-electron chi connectivity index (χ0n) is 9.52. The van der Waals surface area contributed by atoms with Crippen molar-refractivity contribution in [1.82, 2.24) is 0 Å². The standard InChI is InChI=1S/C10H14N3O.ClH.Zn/c1-3-8-5-6-9(12-11)10(7-8)13(14)4-2;;/h5-7,14H,3-4H2,1-2H3;1H;/q+1;;/p-1. The van der Waals surface area contributed by atoms with Gasteiger partial charge in [0.2, 0.25) is 5.39 Å². The molecule has 0 bridgehead atoms. The number of benzene rings is 1. The Balaban J connectivity index is 0.00000106. The second kappa shape index (κ2) is 8.46. The van der Waals surface area contributed by atoms with E-state index in [-0.39, 0.29) is 0 Å². The van der Waals surface area contributed by atoms with E-state index in [2.05, 4.69) is 4.98 Å². The first-order chi connectivity index (χ1) is 7.72. The van der Waals surface area contributed by atoms with Crippen LogP contribution in [-0.4, -0.2) is 11.8 Å². The molecule has 0 radical (unpaired) electrons. The van der Waals surface area contributed by atoms with Crippen LogP contribution in [0.4, 0.5) is 11.4 Å². The fourth-order valence-corrected chi connectivity index (χ4v) is 1.25. The Labute approximate surface area is 110 Å². The molecule has 0 heterocycles. The van der Waals surface area contributed by atoms with E-state index in [1.54, 1.807) is 6.07 Å². The molecule has 0 amide bonds. The van der Waals surface area contributed by atoms with Crippen molar-refractivity contribution < 1.29 is 22.5 Å². The SMILES string of the molecule is CCc1ccc([N+]#N)c(N(O)CC)c1.[Cl][Zn-]. The van der Waals surface area contributed by atoms with Crippen molar-refractivity contribution in [2.24, 2.45) is 0 Å². The fourth-order valence-electron chi connectivity index (χ4n) is 1.25. The van der Waals surface area contributed by atoms with E-state index in [0.29, 0.717) is 17.9 Å². The first-order valence-electron chi connectivity index (χ1n) is 4.94. The van der Waals surface area contributed by atoms with Crippen LogP contribution in [0.15, 0.2) is 18.2 Å². The van der Waals surface area contributed by atoms with Gasteiger partial charge in [-0.25, -0.2) is 5.06 Å². The van der Waals surface area contributed by atoms with E-state index in [1.165, 1.54) is 0 Å². The molecule has 6 heteroatoms. The van der Waals surface area contributed by atoms with Crippen molar-refractivity contribution in [2.75, 3.05) is 11.6 Å². The third-order valence-electron chi connectivity index (χ3n) is 2.13. The molecule has 0 aliphatic rings. The van der Waals surface area contributed by atoms with Crippen LogP contribution in [0.2, 0.25) is 0 Å². The van der Waals surface area contributed by atoms with Crippen molar-refractivity contribution in [3.05, 3.63) is 28.7 Å². The van der Waals surface area contributed by atoms with E-state index < -0.39 is 0 Å². The van der Waals surface area contributed by atoms with Gasteiger partial charge < -0.3 is 0 Å². The summed E-state index contributed by atoms with van der Waals surface area (Å²) >= 11 is 0.847. The quantitative estimate of drug-likeness (QED) is 0.526. The zero-order valence-corrected chi connectivity index (χ0v) is 13.2. The molecule has 0 saturated heterocycles. The van der Waals surface area contributed by atoms with E-state index in [4.69, 9.17) is 15.1 Å². The molecule has 84 valence electrons. The number of hydrogen-bond donors (Lipinski definition) is 1. The fraction of sp³-hybridized carbons (Fsp3) is 0.400. The molecular formula is C10H14ClN3OZn. The van der Waals surface area contributed by atoms with Gasteiger partial charge in [-0.2, -0.15) is 0 Å². The summed E-state index contributed by atoms with van der Waals surface area (Å²) in [6.45, 7) is 4.30. The van der Waals surface area contributed by atoms with Crippen LogP contribution in [0.5, 0.6) is 0 Å². The number of diazo groups is 1. The van der Waals surface area contributed by atoms with Gasteiger partial charge in [0, 0.05) is 12.6 Å². The molecule has 0 atom stereocenters. The third kappa shape index (κ3) is 4.05. The summed E-state index contributed by atoms with van der Waals surface area (Å²) in [7, 11) is 4.76. The molecular weight excluding hydrogens is 279 g/mol. The van der Waals surface area contributed by atoms with Gasteiger partial charge in [0.1, 0.15) is 0 Å². The molecule has 0 saturated carbocycles. The molecule has 16 heavy (non-hydrogen) atoms. The van der Waals surface area contributed by atoms with Crippen molar-refractivity contribution in [3.63, 3.8) is 0 Å². The van der Waals surface area contributed by atoms with Gasteiger partial charge >= 0.3 is 32.7 Å². The number of nitrogens with zero attached hydrogens (tertiary/aromatic N) is 3. The molecule has 4 nitrogen and oxygen atoms in total. The average Bonchev–Trinajstić information content (AvgIpc) is 2.39. The Morgan fingerprint density at radius 1 is 1.44 bits per heavy atom. The van der Waals surface area contributed by atoms with Crippen LogP contribution in [0.3, 0.4) is 0 Å². The Bertz CT molecular complexity index is 368. The summed E-state index contributed by atoms with van der Waals surface area (Å²) in [5, 5.41) is 19.3. The summed E-state index contributed by atoms with van der Waals surface area (Å²) in [6.07, 6.45) is 0.885. The number of aryl methyl sites for hydroxylation is 1. The van der Waals surface area contributed by atoms with Crippen LogP contribution in [-0.2, 0) is 23.7 Å². The van der Waals surface area contributed by atoms with E-state index in [0.717, 1.165) is 34.4 Å². The van der Waals surface area contributed by atoms with Gasteiger partial charge in [0.25, 0.3) is 0 Å². The number of anilines is 1. The number of halogens is 1. The predicted molar refractivity (Wildman–Crippen MR) is 61.2 cm³/mol. The van der Waals surface area contributed by atoms with Gasteiger partial charge in [0.05, 0.1) is 0 Å². The molecule has 0 unspecified atom stereocenters. The van der Waals surface area contributed by atoms with Gasteiger partial charge in [-0.1, -0.05) is 13.0 Å². The van der Waals surface area contributed by atoms with Gasteiger partial charge in [0.15, 0.2) is 10.7 Å². The minimum atomic E-state index is 0.381. The molecule has 1 aromatic rings. The number of rotatable bonds is 3. The summed E-state index contributed by atoms with van der Waals surface area (Å²) in [4.78, 5) is 3.11. The zero-order chi connectivity index (χ0) is 12.6. The summed E-state index contributed by atoms with van der Waals surface area (Å²) < 4.78 is 0. The molecule has 0 aliphatic heterocycles. The van der Waals surface area contributed by atoms with Crippen LogP contribution in [0, 0.1) is 5.39 Å². The Morgan fingerprint density at radius 2 is 2.06 bits per heavy atom. The molecule has 0 fully saturated rings. The predicted octanol–water partition coefficient (Wildman–Crippen LogP) is 3.64. The second-order valence-corrected chi connectivity index (χ2v) is 2.99. The minimum absolute atomic E-state index is 0.381. The Morgan fingerprint density at radius 3 is 2.50 bits per heavy atom. The van der Waals surface area contributed by atoms with Gasteiger partial charge in [-0.05, 0) is 25.0 Å². The maximum atomic E-state index is 9.52. The molecule has 1 rings (SSSR count). The van der Waals surface area contributed by atoms with Crippen LogP contribution >= 0.6 is 9.69 Å². The van der Waals surface area contributed by atoms with E-state index in [1.807, 2.05) is 26.0 Å². The average molecular weight is 293 g/mol. The first kappa shape index (κ1) is 15.3. The van der Waals surface area contributed by atoms with Crippen molar-refractivity contribution >= 4 is 21.1 Å². The molecule has 1 aromatic carbocycles. The van der Waals surface area contributed by atoms with Crippen molar-refractivity contribution in [3.8, 4) is 0 Å². The Hall–Kier alpha value is -0.687. The van der Waals surface area contributed by atoms with Crippen LogP contribution < -0.4 is 5.06 Å². The maximum absolute atomic E-state index is 9.52. The van der Waals surface area contributed by atoms with Crippen LogP contribution in [0.1, 0.15) is 19.4 Å². The molecule has 0 aliphatic carbocycles. The number of hydrogen-bond acceptors (Lipinski definition) is 3. The summed E-state index contributed by atoms with van der Waals surface area (Å²) in [5.41, 5.74) is 2.01. The normalized spacial score (nSPS) is 8.62. The third-order valence-corrected chi connectivity index (χ3v) is 2.13. The van der Waals surface area contributed by atoms with Gasteiger partial charge in [-0.3, -0.25) is 5.21 Å². The topological polar surface area (TPSA) is 51.6 Å². The van der Waals surface area contributed by atoms with Gasteiger partial charge in [-0.15, -0.1) is 0 Å². The molecule has 1 N–H and O–H groups in total. The van der Waals surface area contributed by atoms with Crippen molar-refractivity contribution in [1.29, 1.82) is 5.39 Å². The number of hydroxylamine groups is 1. The summed E-state index contributed by atoms with van der Waals surface area (Å²) in [6, 6.07) is 5.38. The Kier molecular flexibility index (Phi) is 8.10. The first-order valence-corrected chi connectivity index (χ1v) is 8.84. The molecule has 0 spiro atoms.